The summed E-state index contributed by atoms with van der Waals surface area (Å²) in [6.07, 6.45) is 0. The second-order valence-corrected chi connectivity index (χ2v) is 1.58. The maximum Gasteiger partial charge on any atom is 0.374 e. The van der Waals surface area contributed by atoms with E-state index in [1.807, 2.05) is 0 Å². The Morgan fingerprint density at radius 1 is 1.67 bits per heavy atom. The SMILES string of the molecule is [2H]C([2H])([2H])[C@@H](C)C(=O)C(=O)OC. The third-order valence-corrected chi connectivity index (χ3v) is 0.780. The zero-order chi connectivity index (χ0) is 9.94. The molecule has 0 unspecified atom stereocenters. The molecule has 0 amide bonds. The topological polar surface area (TPSA) is 43.4 Å². The molecule has 52 valence electrons. The summed E-state index contributed by atoms with van der Waals surface area (Å²) >= 11 is 0. The van der Waals surface area contributed by atoms with Crippen LogP contribution in [0, 0.1) is 5.92 Å². The minimum absolute atomic E-state index is 1.02. The predicted octanol–water partition coefficient (Wildman–Crippen LogP) is 0.384. The molecule has 0 bridgehead atoms. The molecule has 0 rings (SSSR count). The van der Waals surface area contributed by atoms with Crippen molar-refractivity contribution < 1.29 is 18.4 Å². The number of rotatable bonds is 2. The van der Waals surface area contributed by atoms with Crippen LogP contribution in [0.5, 0.6) is 0 Å². The Morgan fingerprint density at radius 2 is 2.22 bits per heavy atom. The van der Waals surface area contributed by atoms with Gasteiger partial charge in [-0.1, -0.05) is 13.8 Å². The monoisotopic (exact) mass is 133 g/mol. The maximum absolute atomic E-state index is 10.9. The van der Waals surface area contributed by atoms with Crippen LogP contribution in [-0.4, -0.2) is 18.9 Å². The standard InChI is InChI=1S/C6H10O3/c1-4(2)5(7)6(8)9-3/h4H,1-3H3/i1D3/t4-/m0/s1. The van der Waals surface area contributed by atoms with Gasteiger partial charge in [-0.05, 0) is 0 Å². The van der Waals surface area contributed by atoms with Crippen molar-refractivity contribution in [1.82, 2.24) is 0 Å². The van der Waals surface area contributed by atoms with Crippen LogP contribution in [0.2, 0.25) is 0 Å². The van der Waals surface area contributed by atoms with E-state index in [-0.39, 0.29) is 0 Å². The normalized spacial score (nSPS) is 18.7. The molecular weight excluding hydrogens is 120 g/mol. The molecule has 0 fully saturated rings. The molecule has 0 aliphatic rings. The van der Waals surface area contributed by atoms with Gasteiger partial charge in [0.15, 0.2) is 0 Å². The van der Waals surface area contributed by atoms with E-state index < -0.39 is 24.5 Å². The Bertz CT molecular complexity index is 197. The average molecular weight is 133 g/mol. The van der Waals surface area contributed by atoms with Gasteiger partial charge in [-0.2, -0.15) is 0 Å². The molecule has 0 saturated carbocycles. The van der Waals surface area contributed by atoms with E-state index in [0.29, 0.717) is 0 Å². The van der Waals surface area contributed by atoms with Gasteiger partial charge in [0.2, 0.25) is 5.78 Å². The Kier molecular flexibility index (Phi) is 1.44. The molecule has 0 aromatic heterocycles. The van der Waals surface area contributed by atoms with Crippen molar-refractivity contribution in [3.63, 3.8) is 0 Å². The Labute approximate surface area is 58.2 Å². The molecular formula is C6H10O3. The second-order valence-electron chi connectivity index (χ2n) is 1.58. The van der Waals surface area contributed by atoms with Crippen LogP contribution in [0.4, 0.5) is 0 Å². The smallest absolute Gasteiger partial charge is 0.374 e. The van der Waals surface area contributed by atoms with Gasteiger partial charge in [-0.25, -0.2) is 4.79 Å². The first-order valence-corrected chi connectivity index (χ1v) is 2.43. The fraction of sp³-hybridized carbons (Fsp3) is 0.667. The number of Topliss-reactive ketones (excluding diaryl/α,β-unsaturated/α-hetero) is 1. The summed E-state index contributed by atoms with van der Waals surface area (Å²) in [7, 11) is 1.03. The van der Waals surface area contributed by atoms with Crippen LogP contribution in [0.25, 0.3) is 0 Å². The highest BCUT2D eigenvalue weighted by atomic mass is 16.5. The maximum atomic E-state index is 10.9. The van der Waals surface area contributed by atoms with Gasteiger partial charge in [-0.15, -0.1) is 0 Å². The lowest BCUT2D eigenvalue weighted by atomic mass is 10.1. The molecule has 0 aliphatic carbocycles. The summed E-state index contributed by atoms with van der Waals surface area (Å²) in [6, 6.07) is 0. The van der Waals surface area contributed by atoms with Crippen molar-refractivity contribution in [3.05, 3.63) is 0 Å². The average Bonchev–Trinajstić information content (AvgIpc) is 1.98. The number of esters is 1. The molecule has 0 aliphatic heterocycles. The first-order chi connectivity index (χ1) is 5.30. The Morgan fingerprint density at radius 3 is 2.56 bits per heavy atom. The minimum Gasteiger partial charge on any atom is -0.463 e. The molecule has 0 aromatic rings. The summed E-state index contributed by atoms with van der Waals surface area (Å²) in [6.45, 7) is -1.27. The first-order valence-electron chi connectivity index (χ1n) is 3.93. The van der Waals surface area contributed by atoms with Gasteiger partial charge in [0, 0.05) is 10.0 Å². The van der Waals surface area contributed by atoms with Crippen molar-refractivity contribution in [3.8, 4) is 0 Å². The highest BCUT2D eigenvalue weighted by Crippen LogP contribution is 1.94. The van der Waals surface area contributed by atoms with Crippen molar-refractivity contribution >= 4 is 11.8 Å². The lowest BCUT2D eigenvalue weighted by Gasteiger charge is -1.98. The Hall–Kier alpha value is -0.860. The second kappa shape index (κ2) is 3.22. The lowest BCUT2D eigenvalue weighted by Crippen LogP contribution is -2.20. The lowest BCUT2D eigenvalue weighted by molar-refractivity contribution is -0.153. The molecule has 3 nitrogen and oxygen atoms in total. The van der Waals surface area contributed by atoms with Crippen LogP contribution in [0.1, 0.15) is 17.9 Å². The zero-order valence-electron chi connectivity index (χ0n) is 8.30. The van der Waals surface area contributed by atoms with Gasteiger partial charge in [0.05, 0.1) is 7.11 Å². The third-order valence-electron chi connectivity index (χ3n) is 0.780. The van der Waals surface area contributed by atoms with Gasteiger partial charge in [0.1, 0.15) is 0 Å². The molecule has 9 heavy (non-hydrogen) atoms. The van der Waals surface area contributed by atoms with E-state index >= 15 is 0 Å². The number of carbonyl (C=O) groups excluding carboxylic acids is 2. The number of hydrogen-bond donors (Lipinski definition) is 0. The zero-order valence-corrected chi connectivity index (χ0v) is 5.30. The number of ether oxygens (including phenoxy) is 1. The van der Waals surface area contributed by atoms with E-state index in [4.69, 9.17) is 4.11 Å². The van der Waals surface area contributed by atoms with Crippen LogP contribution in [0.3, 0.4) is 0 Å². The van der Waals surface area contributed by atoms with Crippen LogP contribution < -0.4 is 0 Å². The fourth-order valence-electron chi connectivity index (χ4n) is 0.277. The van der Waals surface area contributed by atoms with Gasteiger partial charge >= 0.3 is 5.97 Å². The number of ketones is 1. The molecule has 0 radical (unpaired) electrons. The van der Waals surface area contributed by atoms with E-state index in [2.05, 4.69) is 4.74 Å². The van der Waals surface area contributed by atoms with E-state index in [1.54, 1.807) is 0 Å². The van der Waals surface area contributed by atoms with Crippen molar-refractivity contribution in [2.75, 3.05) is 7.11 Å². The quantitative estimate of drug-likeness (QED) is 0.404. The van der Waals surface area contributed by atoms with Crippen molar-refractivity contribution in [1.29, 1.82) is 0 Å². The molecule has 0 aromatic carbocycles. The molecule has 0 N–H and O–H groups in total. The Balaban J connectivity index is 4.41. The molecule has 0 spiro atoms. The summed E-state index contributed by atoms with van der Waals surface area (Å²) in [4.78, 5) is 21.5. The van der Waals surface area contributed by atoms with Crippen molar-refractivity contribution in [2.24, 2.45) is 5.92 Å². The minimum atomic E-state index is -2.44. The first kappa shape index (κ1) is 4.04. The van der Waals surface area contributed by atoms with Gasteiger partial charge in [0.25, 0.3) is 0 Å². The van der Waals surface area contributed by atoms with Gasteiger partial charge in [-0.3, -0.25) is 4.79 Å². The largest absolute Gasteiger partial charge is 0.463 e. The van der Waals surface area contributed by atoms with Crippen LogP contribution in [-0.2, 0) is 14.3 Å². The summed E-state index contributed by atoms with van der Waals surface area (Å²) in [5.74, 6) is -3.43. The number of methoxy groups -OCH3 is 1. The molecule has 3 heteroatoms. The van der Waals surface area contributed by atoms with Crippen LogP contribution in [0.15, 0.2) is 0 Å². The highest BCUT2D eigenvalue weighted by molar-refractivity contribution is 6.34. The number of carbonyl (C=O) groups is 2. The summed E-state index contributed by atoms with van der Waals surface area (Å²) < 4.78 is 24.6. The summed E-state index contributed by atoms with van der Waals surface area (Å²) in [5, 5.41) is 0. The molecule has 0 saturated heterocycles. The summed E-state index contributed by atoms with van der Waals surface area (Å²) in [5.41, 5.74) is 0. The van der Waals surface area contributed by atoms with E-state index in [9.17, 15) is 9.59 Å². The predicted molar refractivity (Wildman–Crippen MR) is 31.9 cm³/mol. The van der Waals surface area contributed by atoms with Gasteiger partial charge < -0.3 is 4.74 Å². The van der Waals surface area contributed by atoms with E-state index in [1.165, 1.54) is 6.92 Å². The fourth-order valence-corrected chi connectivity index (χ4v) is 0.277. The molecule has 1 atom stereocenters. The van der Waals surface area contributed by atoms with E-state index in [0.717, 1.165) is 7.11 Å². The third kappa shape index (κ3) is 2.26. The highest BCUT2D eigenvalue weighted by Gasteiger charge is 2.16. The van der Waals surface area contributed by atoms with Crippen molar-refractivity contribution in [2.45, 2.75) is 13.8 Å². The number of hydrogen-bond acceptors (Lipinski definition) is 3. The molecule has 0 heterocycles. The van der Waals surface area contributed by atoms with Crippen LogP contribution >= 0.6 is 0 Å².